The molecule has 0 aliphatic heterocycles. The lowest BCUT2D eigenvalue weighted by atomic mass is 10.1. The van der Waals surface area contributed by atoms with E-state index in [1.54, 1.807) is 24.7 Å². The molecule has 0 aliphatic carbocycles. The van der Waals surface area contributed by atoms with Crippen molar-refractivity contribution >= 4 is 116 Å². The lowest BCUT2D eigenvalue weighted by Gasteiger charge is -2.00. The number of benzene rings is 5. The molecule has 13 aromatic rings. The Bertz CT molecular complexity index is 4210. The minimum absolute atomic E-state index is 0. The van der Waals surface area contributed by atoms with Gasteiger partial charge in [-0.15, -0.1) is 4.73 Å². The summed E-state index contributed by atoms with van der Waals surface area (Å²) < 4.78 is 18.8. The van der Waals surface area contributed by atoms with Gasteiger partial charge in [0.25, 0.3) is 5.56 Å². The minimum atomic E-state index is -0.0521. The zero-order chi connectivity index (χ0) is 53.0. The first kappa shape index (κ1) is 65.2. The quantitative estimate of drug-likeness (QED) is 0.0719. The average Bonchev–Trinajstić information content (AvgIpc) is 4.25. The van der Waals surface area contributed by atoms with Crippen LogP contribution in [-0.4, -0.2) is 19.9 Å². The fourth-order valence-corrected chi connectivity index (χ4v) is 9.68. The van der Waals surface area contributed by atoms with Gasteiger partial charge in [-0.25, -0.2) is 4.98 Å². The number of furan rings is 3. The van der Waals surface area contributed by atoms with Crippen molar-refractivity contribution in [2.24, 2.45) is 0 Å². The number of pyridine rings is 5. The molecule has 0 radical (unpaired) electrons. The molecule has 13 rings (SSSR count). The van der Waals surface area contributed by atoms with Crippen LogP contribution >= 0.6 is 22.6 Å². The normalized spacial score (nSPS) is 10.4. The van der Waals surface area contributed by atoms with E-state index in [1.807, 2.05) is 109 Å². The van der Waals surface area contributed by atoms with Crippen LogP contribution < -0.4 is 21.6 Å². The van der Waals surface area contributed by atoms with Crippen molar-refractivity contribution in [3.05, 3.63) is 217 Å². The molecule has 0 unspecified atom stereocenters. The van der Waals surface area contributed by atoms with E-state index in [0.717, 1.165) is 142 Å². The maximum Gasteiger partial charge on any atom is 0.392 e. The third-order valence-electron chi connectivity index (χ3n) is 13.0. The van der Waals surface area contributed by atoms with Crippen molar-refractivity contribution in [3.63, 3.8) is 0 Å². The van der Waals surface area contributed by atoms with E-state index in [-0.39, 0.29) is 48.3 Å². The molecule has 0 saturated heterocycles. The Labute approximate surface area is 489 Å². The van der Waals surface area contributed by atoms with Crippen LogP contribution in [0.2, 0.25) is 0 Å². The molecule has 0 atom stereocenters. The Balaban J connectivity index is 0.000000217. The second kappa shape index (κ2) is 30.9. The summed E-state index contributed by atoms with van der Waals surface area (Å²) >= 11 is 2.06. The fraction of sp³-hybridized carbons (Fsp3) is 0.250. The highest BCUT2D eigenvalue weighted by Crippen LogP contribution is 2.31. The van der Waals surface area contributed by atoms with Gasteiger partial charge in [-0.05, 0) is 93.0 Å². The molecule has 12 nitrogen and oxygen atoms in total. The number of aromatic nitrogens is 5. The highest BCUT2D eigenvalue weighted by molar-refractivity contribution is 14.1. The summed E-state index contributed by atoms with van der Waals surface area (Å²) in [6, 6.07) is 47.6. The zero-order valence-electron chi connectivity index (χ0n) is 42.8. The van der Waals surface area contributed by atoms with Gasteiger partial charge in [0.15, 0.2) is 6.20 Å². The second-order valence-corrected chi connectivity index (χ2v) is 19.6. The van der Waals surface area contributed by atoms with Crippen molar-refractivity contribution in [1.82, 2.24) is 19.9 Å². The predicted octanol–water partition coefficient (Wildman–Crippen LogP) is 18.6. The predicted molar refractivity (Wildman–Crippen MR) is 351 cm³/mol. The number of aromatic amines is 2. The monoisotopic (exact) mass is 1200 g/mol. The fourth-order valence-electron chi connectivity index (χ4n) is 9.03. The van der Waals surface area contributed by atoms with Crippen molar-refractivity contribution in [2.75, 3.05) is 5.73 Å². The molecule has 81 heavy (non-hydrogen) atoms. The number of nitrogen functional groups attached to an aromatic ring is 1. The number of halogens is 1. The van der Waals surface area contributed by atoms with Gasteiger partial charge in [0.05, 0.1) is 8.96 Å². The molecule has 8 heterocycles. The number of nitrogens with two attached hydrogens (primary N) is 1. The number of anilines is 1. The number of unbranched alkanes of at least 4 members (excludes halogenated alkanes) is 3. The standard InChI is InChI=1S/C15H16N2O.C15H15NO2.C15H15NO.C9H6INO.C9H7NO.5CH4/c1-2-3-6-10-9-13-11-7-4-5-8-12(11)14(16)17-15(13)18-10;1-2-3-7-12-9-14-13-8-5-4-6-11(13)10-16(17)15(14)18-12;1-2-3-7-12-9-14-13-8-5-4-6-11(13)10-16-15(14)17-12;10-8-7-4-2-1-3-6(7)5-11-9(8)12;11-9-5-7-3-1-2-4-8(7)6-10-9;;;;;/h4-5,7-9H,2-3,6H2,1H3,(H2,16,17);4-6,8-10H,2-3,7H2,1H3;4-6,8-10H,2-3,7H2,1H3;1-5H,(H,11,12);1-6H,(H,10,11);5*1H4. The zero-order valence-corrected chi connectivity index (χ0v) is 44.9. The van der Waals surface area contributed by atoms with E-state index >= 15 is 0 Å². The Morgan fingerprint density at radius 3 is 1.58 bits per heavy atom. The molecule has 8 aromatic heterocycles. The van der Waals surface area contributed by atoms with Gasteiger partial charge in [-0.2, -0.15) is 4.98 Å². The van der Waals surface area contributed by atoms with Gasteiger partial charge in [-0.3, -0.25) is 9.59 Å². The smallest absolute Gasteiger partial charge is 0.392 e. The first-order valence-corrected chi connectivity index (χ1v) is 26.9. The number of nitrogens with zero attached hydrogens (tertiary/aromatic N) is 3. The van der Waals surface area contributed by atoms with E-state index in [0.29, 0.717) is 17.2 Å². The first-order valence-electron chi connectivity index (χ1n) is 25.8. The molecule has 0 aliphatic rings. The number of H-pyrrole nitrogens is 2. The molecule has 0 fully saturated rings. The summed E-state index contributed by atoms with van der Waals surface area (Å²) in [5.74, 6) is 3.48. The van der Waals surface area contributed by atoms with E-state index in [4.69, 9.17) is 19.0 Å². The van der Waals surface area contributed by atoms with E-state index in [2.05, 4.69) is 99.7 Å². The van der Waals surface area contributed by atoms with Gasteiger partial charge >= 0.3 is 5.71 Å². The Kier molecular flexibility index (Phi) is 24.9. The summed E-state index contributed by atoms with van der Waals surface area (Å²) in [5.41, 5.74) is 7.72. The SMILES string of the molecule is C.C.C.C.C.CCCCc1cc2c(nc(N)c3ccccc32)o1.CCCCc1cc2c(ncc3ccccc32)o1.CCCCc1cc2c3ccccc3c[n+]([O-])c2o1.O=c1[nH]cc2ccccc2c1I.O=c1cc2ccccc2c[nH]1. The van der Waals surface area contributed by atoms with Crippen molar-refractivity contribution in [2.45, 2.75) is 116 Å². The average molecular weight is 1200 g/mol. The van der Waals surface area contributed by atoms with E-state index in [9.17, 15) is 14.8 Å². The summed E-state index contributed by atoms with van der Waals surface area (Å²) in [4.78, 5) is 36.0. The molecular weight excluding hydrogens is 1120 g/mol. The second-order valence-electron chi connectivity index (χ2n) is 18.5. The Morgan fingerprint density at radius 1 is 0.506 bits per heavy atom. The van der Waals surface area contributed by atoms with Gasteiger partial charge in [0.1, 0.15) is 23.1 Å². The minimum Gasteiger partial charge on any atom is -0.616 e. The van der Waals surface area contributed by atoms with E-state index in [1.165, 1.54) is 17.2 Å². The van der Waals surface area contributed by atoms with Crippen molar-refractivity contribution in [3.8, 4) is 0 Å². The Hall–Kier alpha value is -8.30. The number of hydrogen-bond acceptors (Lipinski definition) is 9. The molecule has 0 saturated carbocycles. The van der Waals surface area contributed by atoms with Crippen molar-refractivity contribution < 1.29 is 18.0 Å². The topological polar surface area (TPSA) is 184 Å². The van der Waals surface area contributed by atoms with Crippen LogP contribution in [0.3, 0.4) is 0 Å². The lowest BCUT2D eigenvalue weighted by Crippen LogP contribution is -2.25. The summed E-state index contributed by atoms with van der Waals surface area (Å²) in [5, 5.41) is 25.7. The summed E-state index contributed by atoms with van der Waals surface area (Å²) in [7, 11) is 0. The van der Waals surface area contributed by atoms with Gasteiger partial charge < -0.3 is 34.2 Å². The maximum absolute atomic E-state index is 11.9. The largest absolute Gasteiger partial charge is 0.616 e. The molecular formula is C68H79IN6O6. The Morgan fingerprint density at radius 2 is 0.963 bits per heavy atom. The van der Waals surface area contributed by atoms with Crippen molar-refractivity contribution in [1.29, 1.82) is 0 Å². The highest BCUT2D eigenvalue weighted by Gasteiger charge is 2.16. The number of fused-ring (bicyclic) bond motifs is 11. The van der Waals surface area contributed by atoms with Crippen LogP contribution in [0.1, 0.15) is 114 Å². The maximum atomic E-state index is 11.9. The lowest BCUT2D eigenvalue weighted by molar-refractivity contribution is -0.583. The van der Waals surface area contributed by atoms with Gasteiger partial charge in [-0.1, -0.05) is 192 Å². The van der Waals surface area contributed by atoms with E-state index < -0.39 is 0 Å². The van der Waals surface area contributed by atoms with Crippen LogP contribution in [0.25, 0.3) is 87.2 Å². The number of hydrogen-bond donors (Lipinski definition) is 3. The molecule has 5 aromatic carbocycles. The molecule has 424 valence electrons. The third kappa shape index (κ3) is 15.5. The van der Waals surface area contributed by atoms with Crippen LogP contribution in [0.4, 0.5) is 5.82 Å². The summed E-state index contributed by atoms with van der Waals surface area (Å²) in [6.07, 6.45) is 16.6. The first-order chi connectivity index (χ1) is 37.1. The highest BCUT2D eigenvalue weighted by atomic mass is 127. The summed E-state index contributed by atoms with van der Waals surface area (Å²) in [6.45, 7) is 6.51. The van der Waals surface area contributed by atoms with Gasteiger partial charge in [0.2, 0.25) is 17.0 Å². The van der Waals surface area contributed by atoms with Crippen LogP contribution in [0, 0.1) is 8.78 Å². The van der Waals surface area contributed by atoms with Crippen LogP contribution in [0.15, 0.2) is 193 Å². The third-order valence-corrected chi connectivity index (χ3v) is 14.1. The molecule has 0 spiro atoms. The van der Waals surface area contributed by atoms with Crippen LogP contribution in [0.5, 0.6) is 0 Å². The van der Waals surface area contributed by atoms with Gasteiger partial charge in [0, 0.05) is 81.6 Å². The molecule has 0 amide bonds. The molecule has 4 N–H and O–H groups in total. The molecule has 0 bridgehead atoms. The number of nitrogens with one attached hydrogen (secondary N) is 2. The number of rotatable bonds is 9. The van der Waals surface area contributed by atoms with Crippen LogP contribution in [-0.2, 0) is 19.3 Å². The molecule has 13 heteroatoms. The number of aryl methyl sites for hydroxylation is 3.